The monoisotopic (exact) mass is 450 g/mol. The van der Waals surface area contributed by atoms with Gasteiger partial charge in [0.1, 0.15) is 0 Å². The molecule has 2 aromatic carbocycles. The van der Waals surface area contributed by atoms with Crippen LogP contribution in [0.2, 0.25) is 0 Å². The number of rotatable bonds is 5. The Balaban J connectivity index is 1.98. The van der Waals surface area contributed by atoms with E-state index in [1.165, 1.54) is 31.6 Å². The molecule has 0 aliphatic carbocycles. The van der Waals surface area contributed by atoms with E-state index in [-0.39, 0.29) is 11.3 Å². The summed E-state index contributed by atoms with van der Waals surface area (Å²) in [5.41, 5.74) is 2.21. The van der Waals surface area contributed by atoms with E-state index in [0.717, 1.165) is 5.56 Å². The second-order valence-corrected chi connectivity index (χ2v) is 8.14. The number of benzene rings is 2. The van der Waals surface area contributed by atoms with Gasteiger partial charge in [-0.3, -0.25) is 9.36 Å². The molecule has 1 atom stereocenters. The molecule has 0 amide bonds. The van der Waals surface area contributed by atoms with Gasteiger partial charge in [0.05, 0.1) is 36.1 Å². The van der Waals surface area contributed by atoms with Crippen molar-refractivity contribution in [2.24, 2.45) is 4.99 Å². The first kappa shape index (κ1) is 21.6. The van der Waals surface area contributed by atoms with Gasteiger partial charge in [0, 0.05) is 0 Å². The van der Waals surface area contributed by atoms with Crippen LogP contribution in [-0.4, -0.2) is 29.9 Å². The first-order chi connectivity index (χ1) is 15.5. The molecule has 0 unspecified atom stereocenters. The second-order valence-electron chi connectivity index (χ2n) is 7.13. The molecule has 4 rings (SSSR count). The molecule has 1 N–H and O–H groups in total. The zero-order chi connectivity index (χ0) is 22.8. The van der Waals surface area contributed by atoms with Crippen LogP contribution in [0.3, 0.4) is 0 Å². The van der Waals surface area contributed by atoms with Crippen molar-refractivity contribution >= 4 is 23.4 Å². The van der Waals surface area contributed by atoms with E-state index < -0.39 is 12.0 Å². The minimum absolute atomic E-state index is 0.0190. The number of aromatic hydroxyl groups is 1. The van der Waals surface area contributed by atoms with E-state index in [2.05, 4.69) is 4.99 Å². The summed E-state index contributed by atoms with van der Waals surface area (Å²) in [7, 11) is 2.79. The molecular weight excluding hydrogens is 428 g/mol. The lowest BCUT2D eigenvalue weighted by Gasteiger charge is -2.25. The van der Waals surface area contributed by atoms with Crippen molar-refractivity contribution in [1.29, 1.82) is 0 Å². The first-order valence-corrected chi connectivity index (χ1v) is 10.8. The molecule has 0 fully saturated rings. The fourth-order valence-electron chi connectivity index (χ4n) is 3.75. The molecule has 1 aromatic heterocycles. The van der Waals surface area contributed by atoms with E-state index in [1.807, 2.05) is 37.3 Å². The SMILES string of the molecule is CCC1=C(C(=O)OC)[C@H](c2ccccc2)n2c(s/c(=C\c3ccc(O)c(OC)c3)c2=O)=N1. The predicted octanol–water partition coefficient (Wildman–Crippen LogP) is 2.51. The first-order valence-electron chi connectivity index (χ1n) is 10.0. The third kappa shape index (κ3) is 3.73. The molecule has 8 heteroatoms. The molecule has 1 aliphatic heterocycles. The van der Waals surface area contributed by atoms with Crippen LogP contribution in [-0.2, 0) is 9.53 Å². The van der Waals surface area contributed by atoms with E-state index in [9.17, 15) is 14.7 Å². The number of methoxy groups -OCH3 is 2. The minimum Gasteiger partial charge on any atom is -0.504 e. The molecule has 2 heterocycles. The van der Waals surface area contributed by atoms with Gasteiger partial charge >= 0.3 is 5.97 Å². The van der Waals surface area contributed by atoms with Crippen LogP contribution in [0, 0.1) is 0 Å². The normalized spacial score (nSPS) is 15.8. The van der Waals surface area contributed by atoms with Crippen LogP contribution in [0.1, 0.15) is 30.5 Å². The largest absolute Gasteiger partial charge is 0.504 e. The van der Waals surface area contributed by atoms with Crippen LogP contribution >= 0.6 is 11.3 Å². The van der Waals surface area contributed by atoms with Gasteiger partial charge in [-0.05, 0) is 35.8 Å². The molecule has 7 nitrogen and oxygen atoms in total. The standard InChI is InChI=1S/C24H22N2O5S/c1-4-16-20(23(29)31-3)21(15-8-6-5-7-9-15)26-22(28)19(32-24(26)25-16)13-14-10-11-17(27)18(12-14)30-2/h5-13,21,27H,4H2,1-3H3/b19-13-/t21-/m0/s1. The van der Waals surface area contributed by atoms with Crippen LogP contribution < -0.4 is 19.6 Å². The molecule has 0 saturated heterocycles. The minimum atomic E-state index is -0.633. The summed E-state index contributed by atoms with van der Waals surface area (Å²) < 4.78 is 12.2. The maximum atomic E-state index is 13.5. The highest BCUT2D eigenvalue weighted by Crippen LogP contribution is 2.31. The third-order valence-electron chi connectivity index (χ3n) is 5.27. The molecular formula is C24H22N2O5S. The smallest absolute Gasteiger partial charge is 0.338 e. The fourth-order valence-corrected chi connectivity index (χ4v) is 4.77. The quantitative estimate of drug-likeness (QED) is 0.604. The lowest BCUT2D eigenvalue weighted by atomic mass is 9.95. The Bertz CT molecular complexity index is 1390. The zero-order valence-electron chi connectivity index (χ0n) is 17.9. The number of carbonyl (C=O) groups is 1. The molecule has 0 spiro atoms. The van der Waals surface area contributed by atoms with Crippen molar-refractivity contribution in [3.8, 4) is 11.5 Å². The molecule has 0 saturated carbocycles. The van der Waals surface area contributed by atoms with Gasteiger partial charge in [0.15, 0.2) is 16.3 Å². The lowest BCUT2D eigenvalue weighted by Crippen LogP contribution is -2.40. The number of aromatic nitrogens is 1. The van der Waals surface area contributed by atoms with E-state index >= 15 is 0 Å². The van der Waals surface area contributed by atoms with Gasteiger partial charge in [-0.2, -0.15) is 0 Å². The maximum absolute atomic E-state index is 13.5. The van der Waals surface area contributed by atoms with Crippen LogP contribution in [0.15, 0.2) is 69.6 Å². The Morgan fingerprint density at radius 1 is 1.22 bits per heavy atom. The van der Waals surface area contributed by atoms with Crippen molar-refractivity contribution in [3.05, 3.63) is 90.6 Å². The van der Waals surface area contributed by atoms with Crippen molar-refractivity contribution in [2.75, 3.05) is 14.2 Å². The Kier molecular flexibility index (Phi) is 5.96. The predicted molar refractivity (Wildman–Crippen MR) is 121 cm³/mol. The number of esters is 1. The second kappa shape index (κ2) is 8.84. The van der Waals surface area contributed by atoms with Crippen LogP contribution in [0.25, 0.3) is 6.08 Å². The Hall–Kier alpha value is -3.65. The summed E-state index contributed by atoms with van der Waals surface area (Å²) in [5.74, 6) is -0.169. The van der Waals surface area contributed by atoms with E-state index in [0.29, 0.717) is 38.3 Å². The number of allylic oxidation sites excluding steroid dienone is 1. The fraction of sp³-hybridized carbons (Fsp3) is 0.208. The maximum Gasteiger partial charge on any atom is 0.338 e. The highest BCUT2D eigenvalue weighted by Gasteiger charge is 2.33. The van der Waals surface area contributed by atoms with Crippen LogP contribution in [0.4, 0.5) is 0 Å². The average Bonchev–Trinajstić information content (AvgIpc) is 3.13. The number of hydrogen-bond donors (Lipinski definition) is 1. The molecule has 1 aliphatic rings. The molecule has 164 valence electrons. The summed E-state index contributed by atoms with van der Waals surface area (Å²) in [5, 5.41) is 9.84. The van der Waals surface area contributed by atoms with Gasteiger partial charge < -0.3 is 14.6 Å². The van der Waals surface area contributed by atoms with Gasteiger partial charge in [0.25, 0.3) is 5.56 Å². The van der Waals surface area contributed by atoms with Gasteiger partial charge in [-0.25, -0.2) is 9.79 Å². The average molecular weight is 451 g/mol. The number of nitrogens with zero attached hydrogens (tertiary/aromatic N) is 2. The van der Waals surface area contributed by atoms with E-state index in [4.69, 9.17) is 9.47 Å². The molecule has 3 aromatic rings. The number of ether oxygens (including phenoxy) is 2. The van der Waals surface area contributed by atoms with Gasteiger partial charge in [-0.1, -0.05) is 54.7 Å². The van der Waals surface area contributed by atoms with Gasteiger partial charge in [-0.15, -0.1) is 0 Å². The Morgan fingerprint density at radius 3 is 2.62 bits per heavy atom. The van der Waals surface area contributed by atoms with Crippen LogP contribution in [0.5, 0.6) is 11.5 Å². The summed E-state index contributed by atoms with van der Waals surface area (Å²) in [6, 6.07) is 13.6. The van der Waals surface area contributed by atoms with Crippen molar-refractivity contribution < 1.29 is 19.4 Å². The summed E-state index contributed by atoms with van der Waals surface area (Å²) in [6.45, 7) is 1.92. The molecule has 0 radical (unpaired) electrons. The third-order valence-corrected chi connectivity index (χ3v) is 6.25. The molecule has 32 heavy (non-hydrogen) atoms. The van der Waals surface area contributed by atoms with Crippen molar-refractivity contribution in [3.63, 3.8) is 0 Å². The number of fused-ring (bicyclic) bond motifs is 1. The highest BCUT2D eigenvalue weighted by molar-refractivity contribution is 7.07. The number of thiazole rings is 1. The number of phenolic OH excluding ortho intramolecular Hbond substituents is 1. The number of carbonyl (C=O) groups excluding carboxylic acids is 1. The topological polar surface area (TPSA) is 90.1 Å². The summed E-state index contributed by atoms with van der Waals surface area (Å²) in [4.78, 5) is 31.4. The Labute approximate surface area is 188 Å². The Morgan fingerprint density at radius 2 is 1.97 bits per heavy atom. The zero-order valence-corrected chi connectivity index (χ0v) is 18.7. The number of phenols is 1. The molecule has 0 bridgehead atoms. The van der Waals surface area contributed by atoms with Crippen molar-refractivity contribution in [1.82, 2.24) is 4.57 Å². The van der Waals surface area contributed by atoms with Gasteiger partial charge in [0.2, 0.25) is 0 Å². The van der Waals surface area contributed by atoms with Crippen molar-refractivity contribution in [2.45, 2.75) is 19.4 Å². The lowest BCUT2D eigenvalue weighted by molar-refractivity contribution is -0.136. The number of hydrogen-bond acceptors (Lipinski definition) is 7. The van der Waals surface area contributed by atoms with E-state index in [1.54, 1.807) is 22.8 Å². The summed E-state index contributed by atoms with van der Waals surface area (Å²) >= 11 is 1.25. The highest BCUT2D eigenvalue weighted by atomic mass is 32.1. The summed E-state index contributed by atoms with van der Waals surface area (Å²) in [6.07, 6.45) is 2.25.